The van der Waals surface area contributed by atoms with Crippen LogP contribution in [0.3, 0.4) is 0 Å². The first-order valence-electron chi connectivity index (χ1n) is 15.0. The number of nitrogens with one attached hydrogen (secondary N) is 1. The highest BCUT2D eigenvalue weighted by atomic mass is 16.5. The number of aromatic nitrogens is 1. The van der Waals surface area contributed by atoms with Gasteiger partial charge in [-0.2, -0.15) is 0 Å². The molecule has 2 aromatic carbocycles. The number of nitrogens with zero attached hydrogens (tertiary/aromatic N) is 2. The summed E-state index contributed by atoms with van der Waals surface area (Å²) < 4.78 is 21.7. The Balaban J connectivity index is 1.24. The van der Waals surface area contributed by atoms with Gasteiger partial charge in [-0.15, -0.1) is 0 Å². The normalized spacial score (nSPS) is 12.6. The van der Waals surface area contributed by atoms with Crippen LogP contribution in [-0.2, 0) is 32.0 Å². The minimum absolute atomic E-state index is 0.00197. The van der Waals surface area contributed by atoms with Crippen LogP contribution in [0.2, 0.25) is 0 Å². The van der Waals surface area contributed by atoms with Crippen molar-refractivity contribution in [1.82, 2.24) is 15.2 Å². The third-order valence-corrected chi connectivity index (χ3v) is 7.34. The summed E-state index contributed by atoms with van der Waals surface area (Å²) in [5, 5.41) is 2.95. The summed E-state index contributed by atoms with van der Waals surface area (Å²) in [6, 6.07) is 17.9. The Morgan fingerprint density at radius 3 is 2.33 bits per heavy atom. The van der Waals surface area contributed by atoms with Crippen LogP contribution in [0.15, 0.2) is 60.8 Å². The van der Waals surface area contributed by atoms with Gasteiger partial charge in [-0.25, -0.2) is 4.98 Å². The largest absolute Gasteiger partial charge is 0.494 e. The molecule has 0 spiro atoms. The molecule has 1 N–H and O–H groups in total. The molecule has 0 saturated heterocycles. The number of amides is 2. The van der Waals surface area contributed by atoms with Crippen LogP contribution in [0.1, 0.15) is 52.9 Å². The van der Waals surface area contributed by atoms with Crippen molar-refractivity contribution in [2.75, 3.05) is 60.3 Å². The van der Waals surface area contributed by atoms with Gasteiger partial charge in [0.25, 0.3) is 5.91 Å². The molecule has 1 saturated carbocycles. The van der Waals surface area contributed by atoms with Crippen molar-refractivity contribution in [1.29, 1.82) is 0 Å². The molecule has 0 bridgehead atoms. The van der Waals surface area contributed by atoms with Crippen LogP contribution >= 0.6 is 0 Å². The van der Waals surface area contributed by atoms with E-state index in [1.807, 2.05) is 31.2 Å². The van der Waals surface area contributed by atoms with E-state index in [2.05, 4.69) is 34.6 Å². The molecule has 230 valence electrons. The standard InChI is InChI=1S/C34H43N3O6/c1-4-41-16-17-43-19-18-42-15-14-37(2)33(38)21-25-6-5-7-26(20-25)23-36-34(39)31-22-30(32(40-3)24-35-31)29-12-10-28(11-13-29)27-8-9-27/h5-7,10-13,20,22,24,27H,4,8-9,14-19,21,23H2,1-3H3,(H,36,39). The Hall–Kier alpha value is -3.79. The second-order valence-electron chi connectivity index (χ2n) is 10.6. The number of ether oxygens (including phenoxy) is 4. The molecule has 0 aliphatic heterocycles. The zero-order valence-corrected chi connectivity index (χ0v) is 25.5. The average molecular weight is 590 g/mol. The van der Waals surface area contributed by atoms with Gasteiger partial charge in [-0.3, -0.25) is 9.59 Å². The highest BCUT2D eigenvalue weighted by Gasteiger charge is 2.23. The quantitative estimate of drug-likeness (QED) is 0.216. The summed E-state index contributed by atoms with van der Waals surface area (Å²) in [7, 11) is 3.37. The fourth-order valence-corrected chi connectivity index (χ4v) is 4.65. The predicted molar refractivity (Wildman–Crippen MR) is 165 cm³/mol. The van der Waals surface area contributed by atoms with E-state index in [0.717, 1.165) is 22.3 Å². The van der Waals surface area contributed by atoms with E-state index in [-0.39, 0.29) is 18.2 Å². The molecule has 0 radical (unpaired) electrons. The highest BCUT2D eigenvalue weighted by Crippen LogP contribution is 2.41. The fraction of sp³-hybridized carbons (Fsp3) is 0.441. The highest BCUT2D eigenvalue weighted by molar-refractivity contribution is 5.94. The molecule has 4 rings (SSSR count). The monoisotopic (exact) mass is 589 g/mol. The van der Waals surface area contributed by atoms with Crippen molar-refractivity contribution in [3.05, 3.63) is 83.2 Å². The lowest BCUT2D eigenvalue weighted by molar-refractivity contribution is -0.129. The smallest absolute Gasteiger partial charge is 0.270 e. The molecule has 0 unspecified atom stereocenters. The fourth-order valence-electron chi connectivity index (χ4n) is 4.65. The first kappa shape index (κ1) is 32.1. The number of carbonyl (C=O) groups is 2. The number of pyridine rings is 1. The van der Waals surface area contributed by atoms with Gasteiger partial charge in [0, 0.05) is 32.3 Å². The molecule has 1 fully saturated rings. The van der Waals surface area contributed by atoms with Crippen LogP contribution in [0.25, 0.3) is 11.1 Å². The molecule has 0 atom stereocenters. The summed E-state index contributed by atoms with van der Waals surface area (Å²) in [6.45, 7) is 5.98. The topological polar surface area (TPSA) is 99.2 Å². The number of rotatable bonds is 18. The van der Waals surface area contributed by atoms with E-state index >= 15 is 0 Å². The zero-order chi connectivity index (χ0) is 30.4. The van der Waals surface area contributed by atoms with Crippen molar-refractivity contribution in [3.8, 4) is 16.9 Å². The Morgan fingerprint density at radius 1 is 0.930 bits per heavy atom. The van der Waals surface area contributed by atoms with Crippen molar-refractivity contribution in [3.63, 3.8) is 0 Å². The summed E-state index contributed by atoms with van der Waals surface area (Å²) in [5.74, 6) is 1.02. The Bertz CT molecular complexity index is 1330. The van der Waals surface area contributed by atoms with Gasteiger partial charge in [-0.1, -0.05) is 48.5 Å². The van der Waals surface area contributed by atoms with Crippen LogP contribution in [-0.4, -0.2) is 82.0 Å². The summed E-state index contributed by atoms with van der Waals surface area (Å²) in [5.41, 5.74) is 5.25. The van der Waals surface area contributed by atoms with Crippen molar-refractivity contribution in [2.45, 2.75) is 38.6 Å². The molecule has 1 aliphatic carbocycles. The second-order valence-corrected chi connectivity index (χ2v) is 10.6. The number of likely N-dealkylation sites (N-methyl/N-ethyl adjacent to an activating group) is 1. The zero-order valence-electron chi connectivity index (χ0n) is 25.5. The molecule has 2 amide bonds. The van der Waals surface area contributed by atoms with Crippen LogP contribution in [0.5, 0.6) is 5.75 Å². The summed E-state index contributed by atoms with van der Waals surface area (Å²) in [6.07, 6.45) is 4.36. The molecular weight excluding hydrogens is 546 g/mol. The molecule has 1 heterocycles. The van der Waals surface area contributed by atoms with Gasteiger partial charge in [0.15, 0.2) is 0 Å². The molecule has 43 heavy (non-hydrogen) atoms. The van der Waals surface area contributed by atoms with E-state index in [1.54, 1.807) is 31.3 Å². The summed E-state index contributed by atoms with van der Waals surface area (Å²) in [4.78, 5) is 31.8. The first-order chi connectivity index (χ1) is 21.0. The molecule has 1 aliphatic rings. The lowest BCUT2D eigenvalue weighted by Crippen LogP contribution is -2.31. The van der Waals surface area contributed by atoms with E-state index in [9.17, 15) is 9.59 Å². The maximum atomic E-state index is 13.0. The van der Waals surface area contributed by atoms with Gasteiger partial charge in [-0.05, 0) is 54.0 Å². The van der Waals surface area contributed by atoms with Crippen molar-refractivity contribution >= 4 is 11.8 Å². The van der Waals surface area contributed by atoms with Gasteiger partial charge in [0.2, 0.25) is 5.91 Å². The van der Waals surface area contributed by atoms with Crippen molar-refractivity contribution < 1.29 is 28.5 Å². The number of carbonyl (C=O) groups excluding carboxylic acids is 2. The molecular formula is C34H43N3O6. The molecule has 1 aromatic heterocycles. The Kier molecular flexibility index (Phi) is 12.5. The number of hydrogen-bond acceptors (Lipinski definition) is 7. The summed E-state index contributed by atoms with van der Waals surface area (Å²) >= 11 is 0. The van der Waals surface area contributed by atoms with Gasteiger partial charge < -0.3 is 29.2 Å². The Morgan fingerprint density at radius 2 is 1.63 bits per heavy atom. The minimum Gasteiger partial charge on any atom is -0.494 e. The number of benzene rings is 2. The van der Waals surface area contributed by atoms with Gasteiger partial charge in [0.1, 0.15) is 11.4 Å². The van der Waals surface area contributed by atoms with Crippen LogP contribution < -0.4 is 10.1 Å². The van der Waals surface area contributed by atoms with Gasteiger partial charge >= 0.3 is 0 Å². The van der Waals surface area contributed by atoms with Crippen LogP contribution in [0, 0.1) is 0 Å². The lowest BCUT2D eigenvalue weighted by Gasteiger charge is -2.17. The third kappa shape index (κ3) is 10.2. The molecule has 9 heteroatoms. The average Bonchev–Trinajstić information content (AvgIpc) is 3.88. The molecule has 3 aromatic rings. The van der Waals surface area contributed by atoms with E-state index in [0.29, 0.717) is 70.1 Å². The Labute approximate surface area is 254 Å². The number of methoxy groups -OCH3 is 1. The number of hydrogen-bond donors (Lipinski definition) is 1. The predicted octanol–water partition coefficient (Wildman–Crippen LogP) is 4.64. The maximum absolute atomic E-state index is 13.0. The van der Waals surface area contributed by atoms with E-state index < -0.39 is 0 Å². The minimum atomic E-state index is -0.278. The SMILES string of the molecule is CCOCCOCCOCCN(C)C(=O)Cc1cccc(CNC(=O)c2cc(-c3ccc(C4CC4)cc3)c(OC)cn2)c1. The first-order valence-corrected chi connectivity index (χ1v) is 15.0. The molecule has 9 nitrogen and oxygen atoms in total. The van der Waals surface area contributed by atoms with Crippen molar-refractivity contribution in [2.24, 2.45) is 0 Å². The maximum Gasteiger partial charge on any atom is 0.270 e. The van der Waals surface area contributed by atoms with E-state index in [1.165, 1.54) is 18.4 Å². The second kappa shape index (κ2) is 16.7. The van der Waals surface area contributed by atoms with Gasteiger partial charge in [0.05, 0.1) is 52.8 Å². The third-order valence-electron chi connectivity index (χ3n) is 7.34. The van der Waals surface area contributed by atoms with E-state index in [4.69, 9.17) is 18.9 Å². The lowest BCUT2D eigenvalue weighted by atomic mass is 10.0. The van der Waals surface area contributed by atoms with Crippen LogP contribution in [0.4, 0.5) is 0 Å².